The first-order valence-corrected chi connectivity index (χ1v) is 7.73. The zero-order valence-electron chi connectivity index (χ0n) is 12.7. The summed E-state index contributed by atoms with van der Waals surface area (Å²) in [6.07, 6.45) is -1.01. The molecule has 23 heavy (non-hydrogen) atoms. The van der Waals surface area contributed by atoms with Crippen molar-refractivity contribution in [2.75, 3.05) is 5.32 Å². The van der Waals surface area contributed by atoms with E-state index in [4.69, 9.17) is 10.5 Å². The maximum atomic E-state index is 12.1. The van der Waals surface area contributed by atoms with Crippen LogP contribution in [0.4, 0.5) is 5.00 Å². The quantitative estimate of drug-likeness (QED) is 0.821. The number of nitrogens with one attached hydrogen (secondary N) is 1. The van der Waals surface area contributed by atoms with E-state index in [1.807, 2.05) is 6.07 Å². The Morgan fingerprint density at radius 2 is 1.87 bits per heavy atom. The summed E-state index contributed by atoms with van der Waals surface area (Å²) in [5.41, 5.74) is 6.61. The van der Waals surface area contributed by atoms with Gasteiger partial charge >= 0.3 is 5.97 Å². The lowest BCUT2D eigenvalue weighted by molar-refractivity contribution is -0.123. The molecular weight excluding hydrogens is 316 g/mol. The zero-order valence-corrected chi connectivity index (χ0v) is 13.5. The number of benzene rings is 1. The lowest BCUT2D eigenvalue weighted by Crippen LogP contribution is -2.30. The third-order valence-electron chi connectivity index (χ3n) is 3.19. The molecule has 0 saturated carbocycles. The van der Waals surface area contributed by atoms with E-state index < -0.39 is 23.9 Å². The number of carbonyl (C=O) groups excluding carboxylic acids is 3. The Bertz CT molecular complexity index is 754. The molecule has 0 bridgehead atoms. The Labute approximate surface area is 137 Å². The summed E-state index contributed by atoms with van der Waals surface area (Å²) in [7, 11) is 0. The summed E-state index contributed by atoms with van der Waals surface area (Å²) in [5, 5.41) is 4.52. The van der Waals surface area contributed by atoms with Crippen LogP contribution in [-0.4, -0.2) is 23.9 Å². The molecule has 0 aliphatic rings. The molecule has 2 rings (SSSR count). The van der Waals surface area contributed by atoms with E-state index in [9.17, 15) is 14.4 Å². The number of carbonyl (C=O) groups is 3. The molecule has 2 aromatic rings. The predicted octanol–water partition coefficient (Wildman–Crippen LogP) is 2.34. The topological polar surface area (TPSA) is 98.5 Å². The number of hydrogen-bond donors (Lipinski definition) is 2. The van der Waals surface area contributed by atoms with Gasteiger partial charge in [0.25, 0.3) is 11.8 Å². The van der Waals surface area contributed by atoms with Crippen molar-refractivity contribution in [3.8, 4) is 0 Å². The fourth-order valence-electron chi connectivity index (χ4n) is 1.89. The monoisotopic (exact) mass is 332 g/mol. The molecule has 0 aliphatic heterocycles. The molecule has 0 aliphatic carbocycles. The number of aryl methyl sites for hydroxylation is 1. The zero-order chi connectivity index (χ0) is 17.0. The van der Waals surface area contributed by atoms with Gasteiger partial charge in [-0.3, -0.25) is 9.59 Å². The van der Waals surface area contributed by atoms with E-state index in [0.29, 0.717) is 10.6 Å². The minimum absolute atomic E-state index is 0.223. The Kier molecular flexibility index (Phi) is 5.13. The van der Waals surface area contributed by atoms with Crippen LogP contribution < -0.4 is 11.1 Å². The van der Waals surface area contributed by atoms with Gasteiger partial charge in [-0.2, -0.15) is 0 Å². The highest BCUT2D eigenvalue weighted by atomic mass is 32.1. The normalized spacial score (nSPS) is 11.6. The smallest absolute Gasteiger partial charge is 0.339 e. The lowest BCUT2D eigenvalue weighted by Gasteiger charge is -2.14. The average molecular weight is 332 g/mol. The van der Waals surface area contributed by atoms with Gasteiger partial charge in [-0.25, -0.2) is 4.79 Å². The van der Waals surface area contributed by atoms with Gasteiger partial charge in [0, 0.05) is 0 Å². The van der Waals surface area contributed by atoms with Crippen LogP contribution in [0.25, 0.3) is 0 Å². The van der Waals surface area contributed by atoms with E-state index in [1.165, 1.54) is 24.3 Å². The molecule has 6 nitrogen and oxygen atoms in total. The molecule has 2 amide bonds. The second-order valence-electron chi connectivity index (χ2n) is 4.88. The number of amides is 2. The number of thiophene rings is 1. The molecular formula is C16H16N2O4S. The molecule has 0 radical (unpaired) electrons. The summed E-state index contributed by atoms with van der Waals surface area (Å²) in [6, 6.07) is 8.47. The van der Waals surface area contributed by atoms with Crippen LogP contribution in [-0.2, 0) is 9.53 Å². The summed E-state index contributed by atoms with van der Waals surface area (Å²) >= 11 is 1.17. The Morgan fingerprint density at radius 1 is 1.17 bits per heavy atom. The highest BCUT2D eigenvalue weighted by Gasteiger charge is 2.21. The van der Waals surface area contributed by atoms with E-state index in [-0.39, 0.29) is 5.56 Å². The van der Waals surface area contributed by atoms with Crippen molar-refractivity contribution in [1.82, 2.24) is 0 Å². The summed E-state index contributed by atoms with van der Waals surface area (Å²) in [5.74, 6) is -1.74. The van der Waals surface area contributed by atoms with Crippen LogP contribution in [0.3, 0.4) is 0 Å². The van der Waals surface area contributed by atoms with Gasteiger partial charge in [-0.1, -0.05) is 18.2 Å². The molecule has 7 heteroatoms. The van der Waals surface area contributed by atoms with Gasteiger partial charge in [0.15, 0.2) is 6.10 Å². The minimum atomic E-state index is -1.01. The van der Waals surface area contributed by atoms with Gasteiger partial charge in [0.2, 0.25) is 0 Å². The van der Waals surface area contributed by atoms with Gasteiger partial charge < -0.3 is 15.8 Å². The molecule has 3 N–H and O–H groups in total. The van der Waals surface area contributed by atoms with Gasteiger partial charge in [-0.15, -0.1) is 11.3 Å². The van der Waals surface area contributed by atoms with Crippen molar-refractivity contribution in [1.29, 1.82) is 0 Å². The number of ether oxygens (including phenoxy) is 1. The standard InChI is InChI=1S/C16H16N2O4S/c1-9-5-3-4-6-11(9)16(21)22-10(2)14(20)18-15-12(13(17)19)7-8-23-15/h3-8,10H,1-2H3,(H2,17,19)(H,18,20)/t10-/m1/s1. The number of esters is 1. The first-order chi connectivity index (χ1) is 10.9. The second-order valence-corrected chi connectivity index (χ2v) is 5.80. The number of hydrogen-bond acceptors (Lipinski definition) is 5. The first kappa shape index (κ1) is 16.7. The van der Waals surface area contributed by atoms with Crippen LogP contribution in [0.15, 0.2) is 35.7 Å². The number of primary amides is 1. The highest BCUT2D eigenvalue weighted by Crippen LogP contribution is 2.23. The van der Waals surface area contributed by atoms with Crippen molar-refractivity contribution in [2.24, 2.45) is 5.73 Å². The average Bonchev–Trinajstić information content (AvgIpc) is 2.95. The van der Waals surface area contributed by atoms with Crippen molar-refractivity contribution in [2.45, 2.75) is 20.0 Å². The predicted molar refractivity (Wildman–Crippen MR) is 87.5 cm³/mol. The largest absolute Gasteiger partial charge is 0.449 e. The molecule has 1 atom stereocenters. The fraction of sp³-hybridized carbons (Fsp3) is 0.188. The maximum Gasteiger partial charge on any atom is 0.339 e. The molecule has 0 fully saturated rings. The first-order valence-electron chi connectivity index (χ1n) is 6.85. The van der Waals surface area contributed by atoms with Crippen LogP contribution in [0.5, 0.6) is 0 Å². The van der Waals surface area contributed by atoms with E-state index in [2.05, 4.69) is 5.32 Å². The number of anilines is 1. The molecule has 0 saturated heterocycles. The Balaban J connectivity index is 2.03. The lowest BCUT2D eigenvalue weighted by atomic mass is 10.1. The molecule has 0 unspecified atom stereocenters. The molecule has 120 valence electrons. The Hall–Kier alpha value is -2.67. The van der Waals surface area contributed by atoms with Gasteiger partial charge in [0.05, 0.1) is 11.1 Å². The molecule has 1 heterocycles. The van der Waals surface area contributed by atoms with Crippen LogP contribution in [0.2, 0.25) is 0 Å². The minimum Gasteiger partial charge on any atom is -0.449 e. The summed E-state index contributed by atoms with van der Waals surface area (Å²) < 4.78 is 5.17. The third kappa shape index (κ3) is 3.95. The van der Waals surface area contributed by atoms with Crippen LogP contribution in [0, 0.1) is 6.92 Å². The van der Waals surface area contributed by atoms with Crippen LogP contribution in [0.1, 0.15) is 33.2 Å². The molecule has 1 aromatic heterocycles. The second kappa shape index (κ2) is 7.06. The SMILES string of the molecule is Cc1ccccc1C(=O)O[C@H](C)C(=O)Nc1sccc1C(N)=O. The Morgan fingerprint density at radius 3 is 2.52 bits per heavy atom. The van der Waals surface area contributed by atoms with Crippen LogP contribution >= 0.6 is 11.3 Å². The van der Waals surface area contributed by atoms with Crippen molar-refractivity contribution >= 4 is 34.1 Å². The maximum absolute atomic E-state index is 12.1. The third-order valence-corrected chi connectivity index (χ3v) is 4.02. The van der Waals surface area contributed by atoms with Gasteiger partial charge in [-0.05, 0) is 36.9 Å². The van der Waals surface area contributed by atoms with E-state index >= 15 is 0 Å². The van der Waals surface area contributed by atoms with Crippen molar-refractivity contribution in [3.05, 3.63) is 52.4 Å². The van der Waals surface area contributed by atoms with Crippen molar-refractivity contribution in [3.63, 3.8) is 0 Å². The number of rotatable bonds is 5. The molecule has 1 aromatic carbocycles. The van der Waals surface area contributed by atoms with Crippen molar-refractivity contribution < 1.29 is 19.1 Å². The number of nitrogens with two attached hydrogens (primary N) is 1. The molecule has 0 spiro atoms. The summed E-state index contributed by atoms with van der Waals surface area (Å²) in [4.78, 5) is 35.4. The fourth-order valence-corrected chi connectivity index (χ4v) is 2.69. The van der Waals surface area contributed by atoms with Gasteiger partial charge in [0.1, 0.15) is 5.00 Å². The van der Waals surface area contributed by atoms with E-state index in [1.54, 1.807) is 30.5 Å². The summed E-state index contributed by atoms with van der Waals surface area (Å²) in [6.45, 7) is 3.25. The highest BCUT2D eigenvalue weighted by molar-refractivity contribution is 7.14. The van der Waals surface area contributed by atoms with E-state index in [0.717, 1.165) is 5.56 Å².